The van der Waals surface area contributed by atoms with Gasteiger partial charge in [-0.2, -0.15) is 5.10 Å². The molecular weight excluding hydrogens is 394 g/mol. The molecule has 0 aliphatic carbocycles. The highest BCUT2D eigenvalue weighted by Crippen LogP contribution is 2.35. The quantitative estimate of drug-likeness (QED) is 0.450. The summed E-state index contributed by atoms with van der Waals surface area (Å²) < 4.78 is 11.1. The van der Waals surface area contributed by atoms with Crippen LogP contribution in [0.2, 0.25) is 0 Å². The lowest BCUT2D eigenvalue weighted by molar-refractivity contribution is -0.384. The number of hydrogen-bond donors (Lipinski definition) is 1. The molecule has 0 aliphatic rings. The van der Waals surface area contributed by atoms with Crippen LogP contribution in [-0.4, -0.2) is 31.3 Å². The molecule has 130 valence electrons. The molecule has 2 rings (SSSR count). The maximum absolute atomic E-state index is 12.0. The third-order valence-electron chi connectivity index (χ3n) is 3.15. The molecule has 1 amide bonds. The summed E-state index contributed by atoms with van der Waals surface area (Å²) in [7, 11) is 3.03. The Hall–Kier alpha value is -2.94. The van der Waals surface area contributed by atoms with Crippen molar-refractivity contribution in [2.45, 2.75) is 0 Å². The Morgan fingerprint density at radius 3 is 2.68 bits per heavy atom. The highest BCUT2D eigenvalue weighted by Gasteiger charge is 2.11. The summed E-state index contributed by atoms with van der Waals surface area (Å²) >= 11 is 3.36. The van der Waals surface area contributed by atoms with Gasteiger partial charge in [0.15, 0.2) is 11.5 Å². The smallest absolute Gasteiger partial charge is 0.271 e. The van der Waals surface area contributed by atoms with Crippen molar-refractivity contribution in [3.63, 3.8) is 0 Å². The molecule has 0 bridgehead atoms. The van der Waals surface area contributed by atoms with Gasteiger partial charge in [0.05, 0.1) is 29.8 Å². The molecule has 0 fully saturated rings. The summed E-state index contributed by atoms with van der Waals surface area (Å²) in [4.78, 5) is 22.2. The molecular formula is C16H14BrN3O5. The van der Waals surface area contributed by atoms with Crippen LogP contribution in [0.4, 0.5) is 5.69 Å². The molecule has 0 aliphatic heterocycles. The fraction of sp³-hybridized carbons (Fsp3) is 0.125. The van der Waals surface area contributed by atoms with Crippen molar-refractivity contribution in [2.75, 3.05) is 14.2 Å². The van der Waals surface area contributed by atoms with Gasteiger partial charge in [0.2, 0.25) is 0 Å². The number of hydrogen-bond acceptors (Lipinski definition) is 6. The fourth-order valence-corrected chi connectivity index (χ4v) is 2.62. The molecule has 2 aromatic carbocycles. The van der Waals surface area contributed by atoms with Gasteiger partial charge in [0, 0.05) is 17.7 Å². The minimum Gasteiger partial charge on any atom is -0.493 e. The molecule has 0 atom stereocenters. The minimum atomic E-state index is -0.568. The van der Waals surface area contributed by atoms with Gasteiger partial charge in [-0.15, -0.1) is 0 Å². The van der Waals surface area contributed by atoms with Gasteiger partial charge in [0.25, 0.3) is 11.6 Å². The van der Waals surface area contributed by atoms with Gasteiger partial charge < -0.3 is 9.47 Å². The number of hydrazone groups is 1. The summed E-state index contributed by atoms with van der Waals surface area (Å²) in [5, 5.41) is 14.6. The van der Waals surface area contributed by atoms with E-state index in [0.29, 0.717) is 21.5 Å². The number of nitro groups is 1. The zero-order valence-corrected chi connectivity index (χ0v) is 14.9. The van der Waals surface area contributed by atoms with Crippen molar-refractivity contribution in [1.29, 1.82) is 0 Å². The van der Waals surface area contributed by atoms with Gasteiger partial charge in [-0.3, -0.25) is 14.9 Å². The normalized spacial score (nSPS) is 10.5. The first-order chi connectivity index (χ1) is 12.0. The number of halogens is 1. The second kappa shape index (κ2) is 8.25. The molecule has 0 saturated carbocycles. The molecule has 1 N–H and O–H groups in total. The summed E-state index contributed by atoms with van der Waals surface area (Å²) in [6.45, 7) is 0. The van der Waals surface area contributed by atoms with Crippen LogP contribution in [-0.2, 0) is 0 Å². The second-order valence-corrected chi connectivity index (χ2v) is 5.60. The predicted molar refractivity (Wildman–Crippen MR) is 95.4 cm³/mol. The SMILES string of the molecule is COc1cc(/C=N/NC(=O)c2cccc([N+](=O)[O-])c2)cc(Br)c1OC. The molecule has 25 heavy (non-hydrogen) atoms. The first kappa shape index (κ1) is 18.4. The van der Waals surface area contributed by atoms with Crippen LogP contribution in [0.5, 0.6) is 11.5 Å². The van der Waals surface area contributed by atoms with Crippen LogP contribution in [0.25, 0.3) is 0 Å². The number of non-ortho nitro benzene ring substituents is 1. The lowest BCUT2D eigenvalue weighted by Gasteiger charge is -2.10. The Balaban J connectivity index is 2.13. The van der Waals surface area contributed by atoms with Gasteiger partial charge >= 0.3 is 0 Å². The molecule has 9 heteroatoms. The highest BCUT2D eigenvalue weighted by molar-refractivity contribution is 9.10. The van der Waals surface area contributed by atoms with Crippen molar-refractivity contribution in [3.8, 4) is 11.5 Å². The number of benzene rings is 2. The number of carbonyl (C=O) groups excluding carboxylic acids is 1. The van der Waals surface area contributed by atoms with Crippen LogP contribution in [0, 0.1) is 10.1 Å². The van der Waals surface area contributed by atoms with E-state index < -0.39 is 10.8 Å². The molecule has 0 aromatic heterocycles. The number of nitrogens with one attached hydrogen (secondary N) is 1. The molecule has 0 saturated heterocycles. The number of ether oxygens (including phenoxy) is 2. The first-order valence-electron chi connectivity index (χ1n) is 6.95. The van der Waals surface area contributed by atoms with Crippen LogP contribution >= 0.6 is 15.9 Å². The topological polar surface area (TPSA) is 103 Å². The van der Waals surface area contributed by atoms with Gasteiger partial charge in [0.1, 0.15) is 0 Å². The van der Waals surface area contributed by atoms with E-state index in [1.54, 1.807) is 12.1 Å². The Morgan fingerprint density at radius 1 is 1.28 bits per heavy atom. The third-order valence-corrected chi connectivity index (χ3v) is 3.74. The van der Waals surface area contributed by atoms with Crippen molar-refractivity contribution in [1.82, 2.24) is 5.43 Å². The summed E-state index contributed by atoms with van der Waals surface area (Å²) in [5.74, 6) is 0.489. The zero-order valence-electron chi connectivity index (χ0n) is 13.4. The van der Waals surface area contributed by atoms with E-state index in [4.69, 9.17) is 9.47 Å². The van der Waals surface area contributed by atoms with Gasteiger partial charge in [-0.05, 0) is 39.7 Å². The van der Waals surface area contributed by atoms with E-state index in [-0.39, 0.29) is 11.3 Å². The maximum Gasteiger partial charge on any atom is 0.271 e. The van der Waals surface area contributed by atoms with Crippen LogP contribution in [0.1, 0.15) is 15.9 Å². The monoisotopic (exact) mass is 407 g/mol. The van der Waals surface area contributed by atoms with E-state index in [9.17, 15) is 14.9 Å². The van der Waals surface area contributed by atoms with Crippen LogP contribution in [0.3, 0.4) is 0 Å². The Morgan fingerprint density at radius 2 is 2.04 bits per heavy atom. The number of nitrogens with zero attached hydrogens (tertiary/aromatic N) is 2. The number of rotatable bonds is 6. The Bertz CT molecular complexity index is 839. The largest absolute Gasteiger partial charge is 0.493 e. The van der Waals surface area contributed by atoms with E-state index >= 15 is 0 Å². The number of carbonyl (C=O) groups is 1. The van der Waals surface area contributed by atoms with E-state index in [1.165, 1.54) is 44.7 Å². The van der Waals surface area contributed by atoms with E-state index in [1.807, 2.05) is 0 Å². The summed E-state index contributed by atoms with van der Waals surface area (Å²) in [6, 6.07) is 8.81. The van der Waals surface area contributed by atoms with Crippen LogP contribution in [0.15, 0.2) is 46.0 Å². The van der Waals surface area contributed by atoms with Gasteiger partial charge in [-0.25, -0.2) is 5.43 Å². The number of amides is 1. The molecule has 0 radical (unpaired) electrons. The molecule has 8 nitrogen and oxygen atoms in total. The maximum atomic E-state index is 12.0. The molecule has 0 spiro atoms. The Kier molecular flexibility index (Phi) is 6.07. The molecule has 0 unspecified atom stereocenters. The van der Waals surface area contributed by atoms with Crippen molar-refractivity contribution in [2.24, 2.45) is 5.10 Å². The number of methoxy groups -OCH3 is 2. The van der Waals surface area contributed by atoms with Crippen LogP contribution < -0.4 is 14.9 Å². The zero-order chi connectivity index (χ0) is 18.4. The summed E-state index contributed by atoms with van der Waals surface area (Å²) in [6.07, 6.45) is 1.42. The second-order valence-electron chi connectivity index (χ2n) is 4.74. The van der Waals surface area contributed by atoms with E-state index in [2.05, 4.69) is 26.5 Å². The molecule has 2 aromatic rings. The first-order valence-corrected chi connectivity index (χ1v) is 7.75. The number of nitro benzene ring substituents is 1. The van der Waals surface area contributed by atoms with Crippen molar-refractivity contribution >= 4 is 33.7 Å². The lowest BCUT2D eigenvalue weighted by atomic mass is 10.2. The Labute approximate surface area is 151 Å². The molecule has 0 heterocycles. The van der Waals surface area contributed by atoms with Crippen molar-refractivity contribution in [3.05, 3.63) is 62.1 Å². The average Bonchev–Trinajstić information content (AvgIpc) is 2.61. The minimum absolute atomic E-state index is 0.139. The predicted octanol–water partition coefficient (Wildman–Crippen LogP) is 3.14. The van der Waals surface area contributed by atoms with Crippen molar-refractivity contribution < 1.29 is 19.2 Å². The standard InChI is InChI=1S/C16H14BrN3O5/c1-24-14-7-10(6-13(17)15(14)25-2)9-18-19-16(21)11-4-3-5-12(8-11)20(22)23/h3-9H,1-2H3,(H,19,21)/b18-9+. The highest BCUT2D eigenvalue weighted by atomic mass is 79.9. The van der Waals surface area contributed by atoms with E-state index in [0.717, 1.165) is 0 Å². The fourth-order valence-electron chi connectivity index (χ4n) is 2.00. The summed E-state index contributed by atoms with van der Waals surface area (Å²) in [5.41, 5.74) is 2.95. The average molecular weight is 408 g/mol. The van der Waals surface area contributed by atoms with Gasteiger partial charge in [-0.1, -0.05) is 6.07 Å². The third kappa shape index (κ3) is 4.54. The lowest BCUT2D eigenvalue weighted by Crippen LogP contribution is -2.17.